The second-order valence-electron chi connectivity index (χ2n) is 3.87. The van der Waals surface area contributed by atoms with Gasteiger partial charge in [-0.25, -0.2) is 4.39 Å². The van der Waals surface area contributed by atoms with Gasteiger partial charge in [0.1, 0.15) is 5.75 Å². The average molecular weight is 335 g/mol. The van der Waals surface area contributed by atoms with E-state index in [1.54, 1.807) is 0 Å². The van der Waals surface area contributed by atoms with E-state index in [9.17, 15) is 14.3 Å². The first-order valence-corrected chi connectivity index (χ1v) is 6.46. The van der Waals surface area contributed by atoms with Crippen LogP contribution in [0.2, 0.25) is 15.1 Å². The minimum absolute atomic E-state index is 0.0733. The SMILES string of the molecule is O=C(Nc1cc(Cl)c(O)cc1F)c1ccc(Cl)c(Cl)c1. The van der Waals surface area contributed by atoms with Crippen molar-refractivity contribution >= 4 is 46.4 Å². The molecule has 0 saturated carbocycles. The van der Waals surface area contributed by atoms with E-state index in [1.807, 2.05) is 0 Å². The van der Waals surface area contributed by atoms with Gasteiger partial charge < -0.3 is 10.4 Å². The topological polar surface area (TPSA) is 49.3 Å². The van der Waals surface area contributed by atoms with Crippen LogP contribution in [-0.4, -0.2) is 11.0 Å². The highest BCUT2D eigenvalue weighted by atomic mass is 35.5. The Labute approximate surface area is 128 Å². The van der Waals surface area contributed by atoms with Crippen LogP contribution in [0.15, 0.2) is 30.3 Å². The summed E-state index contributed by atoms with van der Waals surface area (Å²) in [5.41, 5.74) is 0.0619. The summed E-state index contributed by atoms with van der Waals surface area (Å²) >= 11 is 17.2. The Morgan fingerprint density at radius 3 is 2.40 bits per heavy atom. The first-order valence-electron chi connectivity index (χ1n) is 5.33. The molecular formula is C13H7Cl3FNO2. The van der Waals surface area contributed by atoms with E-state index < -0.39 is 17.5 Å². The van der Waals surface area contributed by atoms with Gasteiger partial charge in [0.15, 0.2) is 5.82 Å². The summed E-state index contributed by atoms with van der Waals surface area (Å²) in [4.78, 5) is 11.9. The third-order valence-corrected chi connectivity index (χ3v) is 3.51. The van der Waals surface area contributed by atoms with Crippen molar-refractivity contribution in [3.05, 3.63) is 56.8 Å². The fraction of sp³-hybridized carbons (Fsp3) is 0. The number of carbonyl (C=O) groups is 1. The quantitative estimate of drug-likeness (QED) is 0.779. The van der Waals surface area contributed by atoms with Crippen LogP contribution in [-0.2, 0) is 0 Å². The zero-order valence-electron chi connectivity index (χ0n) is 9.75. The van der Waals surface area contributed by atoms with Gasteiger partial charge in [-0.1, -0.05) is 34.8 Å². The molecule has 0 bridgehead atoms. The maximum absolute atomic E-state index is 13.6. The van der Waals surface area contributed by atoms with Gasteiger partial charge in [0.2, 0.25) is 0 Å². The number of phenols is 1. The summed E-state index contributed by atoms with van der Waals surface area (Å²) in [5, 5.41) is 12.0. The number of benzene rings is 2. The van der Waals surface area contributed by atoms with Crippen molar-refractivity contribution in [1.29, 1.82) is 0 Å². The fourth-order valence-corrected chi connectivity index (χ4v) is 1.93. The van der Waals surface area contributed by atoms with Crippen molar-refractivity contribution in [2.75, 3.05) is 5.32 Å². The molecule has 3 nitrogen and oxygen atoms in total. The molecule has 2 N–H and O–H groups in total. The third kappa shape index (κ3) is 3.15. The van der Waals surface area contributed by atoms with E-state index in [2.05, 4.69) is 5.32 Å². The van der Waals surface area contributed by atoms with E-state index in [-0.39, 0.29) is 21.3 Å². The van der Waals surface area contributed by atoms with Crippen molar-refractivity contribution in [3.63, 3.8) is 0 Å². The molecule has 0 aromatic heterocycles. The van der Waals surface area contributed by atoms with E-state index >= 15 is 0 Å². The lowest BCUT2D eigenvalue weighted by atomic mass is 10.2. The van der Waals surface area contributed by atoms with Gasteiger partial charge >= 0.3 is 0 Å². The molecule has 104 valence electrons. The fourth-order valence-electron chi connectivity index (χ4n) is 1.46. The second-order valence-corrected chi connectivity index (χ2v) is 5.09. The lowest BCUT2D eigenvalue weighted by Gasteiger charge is -2.08. The second kappa shape index (κ2) is 5.87. The predicted octanol–water partition coefficient (Wildman–Crippen LogP) is 4.74. The van der Waals surface area contributed by atoms with Crippen LogP contribution in [0.3, 0.4) is 0 Å². The molecule has 7 heteroatoms. The van der Waals surface area contributed by atoms with E-state index in [1.165, 1.54) is 18.2 Å². The maximum Gasteiger partial charge on any atom is 0.255 e. The van der Waals surface area contributed by atoms with Gasteiger partial charge in [-0.2, -0.15) is 0 Å². The van der Waals surface area contributed by atoms with Crippen molar-refractivity contribution in [3.8, 4) is 5.75 Å². The third-order valence-electron chi connectivity index (χ3n) is 2.47. The molecule has 20 heavy (non-hydrogen) atoms. The number of aromatic hydroxyl groups is 1. The van der Waals surface area contributed by atoms with Crippen LogP contribution in [0.25, 0.3) is 0 Å². The number of phenolic OH excluding ortho intramolecular Hbond substituents is 1. The molecule has 0 radical (unpaired) electrons. The first kappa shape index (κ1) is 14.9. The minimum atomic E-state index is -0.805. The van der Waals surface area contributed by atoms with E-state index in [0.29, 0.717) is 5.02 Å². The molecule has 0 aliphatic heterocycles. The molecule has 0 aliphatic carbocycles. The van der Waals surface area contributed by atoms with Gasteiger partial charge in [-0.3, -0.25) is 4.79 Å². The summed E-state index contributed by atoms with van der Waals surface area (Å²) in [6.07, 6.45) is 0. The zero-order valence-corrected chi connectivity index (χ0v) is 12.0. The monoisotopic (exact) mass is 333 g/mol. The summed E-state index contributed by atoms with van der Waals surface area (Å²) in [5.74, 6) is -1.79. The summed E-state index contributed by atoms with van der Waals surface area (Å²) < 4.78 is 13.6. The number of hydrogen-bond acceptors (Lipinski definition) is 2. The number of amides is 1. The molecule has 1 amide bonds. The van der Waals surface area contributed by atoms with Crippen molar-refractivity contribution in [1.82, 2.24) is 0 Å². The normalized spacial score (nSPS) is 10.4. The van der Waals surface area contributed by atoms with Crippen LogP contribution in [0.4, 0.5) is 10.1 Å². The highest BCUT2D eigenvalue weighted by Gasteiger charge is 2.13. The molecule has 2 aromatic carbocycles. The largest absolute Gasteiger partial charge is 0.506 e. The molecule has 0 heterocycles. The van der Waals surface area contributed by atoms with Gasteiger partial charge in [-0.05, 0) is 24.3 Å². The van der Waals surface area contributed by atoms with Crippen LogP contribution in [0.5, 0.6) is 5.75 Å². The Morgan fingerprint density at radius 1 is 1.05 bits per heavy atom. The lowest BCUT2D eigenvalue weighted by molar-refractivity contribution is 0.102. The standard InChI is InChI=1S/C13H7Cl3FNO2/c14-7-2-1-6(3-8(7)15)13(20)18-11-4-9(16)12(19)5-10(11)17/h1-5,19H,(H,18,20). The highest BCUT2D eigenvalue weighted by Crippen LogP contribution is 2.29. The zero-order chi connectivity index (χ0) is 14.9. The molecule has 0 unspecified atom stereocenters. The maximum atomic E-state index is 13.6. The van der Waals surface area contributed by atoms with Crippen LogP contribution >= 0.6 is 34.8 Å². The number of rotatable bonds is 2. The Kier molecular flexibility index (Phi) is 4.38. The molecule has 2 rings (SSSR count). The van der Waals surface area contributed by atoms with Crippen molar-refractivity contribution < 1.29 is 14.3 Å². The Balaban J connectivity index is 2.27. The highest BCUT2D eigenvalue weighted by molar-refractivity contribution is 6.42. The van der Waals surface area contributed by atoms with E-state index in [0.717, 1.165) is 12.1 Å². The molecule has 0 atom stereocenters. The minimum Gasteiger partial charge on any atom is -0.506 e. The number of anilines is 1. The smallest absolute Gasteiger partial charge is 0.255 e. The van der Waals surface area contributed by atoms with Crippen LogP contribution in [0.1, 0.15) is 10.4 Å². The van der Waals surface area contributed by atoms with Crippen molar-refractivity contribution in [2.24, 2.45) is 0 Å². The summed E-state index contributed by atoms with van der Waals surface area (Å²) in [6.45, 7) is 0. The summed E-state index contributed by atoms with van der Waals surface area (Å²) in [6, 6.07) is 6.19. The first-order chi connectivity index (χ1) is 9.38. The van der Waals surface area contributed by atoms with Gasteiger partial charge in [-0.15, -0.1) is 0 Å². The number of hydrogen-bond donors (Lipinski definition) is 2. The van der Waals surface area contributed by atoms with Crippen LogP contribution < -0.4 is 5.32 Å². The molecule has 0 aliphatic rings. The molecule has 0 fully saturated rings. The van der Waals surface area contributed by atoms with E-state index in [4.69, 9.17) is 34.8 Å². The lowest BCUT2D eigenvalue weighted by Crippen LogP contribution is -2.13. The average Bonchev–Trinajstić information content (AvgIpc) is 2.39. The number of halogens is 4. The number of nitrogens with one attached hydrogen (secondary N) is 1. The summed E-state index contributed by atoms with van der Waals surface area (Å²) in [7, 11) is 0. The van der Waals surface area contributed by atoms with Crippen molar-refractivity contribution in [2.45, 2.75) is 0 Å². The molecule has 0 saturated heterocycles. The predicted molar refractivity (Wildman–Crippen MR) is 77.5 cm³/mol. The Hall–Kier alpha value is -1.49. The van der Waals surface area contributed by atoms with Gasteiger partial charge in [0, 0.05) is 11.6 Å². The van der Waals surface area contributed by atoms with Gasteiger partial charge in [0.25, 0.3) is 5.91 Å². The molecule has 2 aromatic rings. The number of carbonyl (C=O) groups excluding carboxylic acids is 1. The van der Waals surface area contributed by atoms with Crippen LogP contribution in [0, 0.1) is 5.82 Å². The Bertz CT molecular complexity index is 692. The molecular weight excluding hydrogens is 328 g/mol. The van der Waals surface area contributed by atoms with Gasteiger partial charge in [0.05, 0.1) is 20.8 Å². The molecule has 0 spiro atoms. The Morgan fingerprint density at radius 2 is 1.75 bits per heavy atom.